The maximum Gasteiger partial charge on any atom is 0.354 e. The molecule has 5 heteroatoms. The van der Waals surface area contributed by atoms with Gasteiger partial charge in [0, 0.05) is 24.2 Å². The van der Waals surface area contributed by atoms with Crippen LogP contribution in [-0.2, 0) is 4.74 Å². The Morgan fingerprint density at radius 3 is 3.05 bits per heavy atom. The third-order valence-corrected chi connectivity index (χ3v) is 3.85. The fraction of sp³-hybridized carbons (Fsp3) is 0.375. The third kappa shape index (κ3) is 2.69. The number of para-hydroxylation sites is 1. The molecular formula is C16H18N2O3. The van der Waals surface area contributed by atoms with Crippen LogP contribution in [0.1, 0.15) is 23.8 Å². The molecule has 1 aliphatic rings. The van der Waals surface area contributed by atoms with Gasteiger partial charge in [-0.25, -0.2) is 9.78 Å². The van der Waals surface area contributed by atoms with E-state index in [4.69, 9.17) is 4.74 Å². The first kappa shape index (κ1) is 13.8. The second-order valence-electron chi connectivity index (χ2n) is 5.20. The highest BCUT2D eigenvalue weighted by atomic mass is 16.5. The smallest absolute Gasteiger partial charge is 0.354 e. The molecule has 1 aromatic heterocycles. The van der Waals surface area contributed by atoms with Gasteiger partial charge in [-0.2, -0.15) is 0 Å². The maximum absolute atomic E-state index is 11.3. The van der Waals surface area contributed by atoms with Crippen LogP contribution in [0.4, 0.5) is 5.69 Å². The number of aromatic nitrogens is 1. The second-order valence-corrected chi connectivity index (χ2v) is 5.20. The molecule has 1 saturated heterocycles. The summed E-state index contributed by atoms with van der Waals surface area (Å²) in [6.45, 7) is 4.31. The maximum atomic E-state index is 11.3. The average molecular weight is 286 g/mol. The van der Waals surface area contributed by atoms with Crippen molar-refractivity contribution >= 4 is 22.6 Å². The van der Waals surface area contributed by atoms with Crippen LogP contribution in [0.15, 0.2) is 30.3 Å². The second kappa shape index (κ2) is 5.69. The molecule has 5 nitrogen and oxygen atoms in total. The average Bonchev–Trinajstić information content (AvgIpc) is 2.53. The van der Waals surface area contributed by atoms with E-state index < -0.39 is 5.97 Å². The standard InChI is InChI=1S/C16H18N2O3/c1-2-11-10-18(7-8-21-11)15-9-14(16(19)20)17-13-6-4-3-5-12(13)15/h3-6,9,11H,2,7-8,10H2,1H3,(H,19,20). The highest BCUT2D eigenvalue weighted by Gasteiger charge is 2.22. The molecule has 0 amide bonds. The molecule has 0 radical (unpaired) electrons. The van der Waals surface area contributed by atoms with Crippen LogP contribution >= 0.6 is 0 Å². The molecule has 2 aromatic rings. The van der Waals surface area contributed by atoms with Gasteiger partial charge in [0.1, 0.15) is 0 Å². The van der Waals surface area contributed by atoms with Crippen molar-refractivity contribution in [2.24, 2.45) is 0 Å². The molecule has 1 N–H and O–H groups in total. The van der Waals surface area contributed by atoms with E-state index in [1.54, 1.807) is 6.07 Å². The summed E-state index contributed by atoms with van der Waals surface area (Å²) in [6.07, 6.45) is 1.14. The normalized spacial score (nSPS) is 18.9. The van der Waals surface area contributed by atoms with Crippen molar-refractivity contribution in [3.8, 4) is 0 Å². The number of pyridine rings is 1. The number of morpholine rings is 1. The predicted molar refractivity (Wildman–Crippen MR) is 80.9 cm³/mol. The Hall–Kier alpha value is -2.14. The van der Waals surface area contributed by atoms with E-state index >= 15 is 0 Å². The monoisotopic (exact) mass is 286 g/mol. The zero-order valence-corrected chi connectivity index (χ0v) is 12.0. The summed E-state index contributed by atoms with van der Waals surface area (Å²) in [5.74, 6) is -0.998. The number of ether oxygens (including phenoxy) is 1. The van der Waals surface area contributed by atoms with Crippen LogP contribution < -0.4 is 4.90 Å². The van der Waals surface area contributed by atoms with Gasteiger partial charge >= 0.3 is 5.97 Å². The Morgan fingerprint density at radius 1 is 1.48 bits per heavy atom. The first-order chi connectivity index (χ1) is 10.2. The van der Waals surface area contributed by atoms with Crippen LogP contribution in [0.2, 0.25) is 0 Å². The molecule has 0 aliphatic carbocycles. The number of carboxylic acid groups (broad SMARTS) is 1. The predicted octanol–water partition coefficient (Wildman–Crippen LogP) is 2.55. The summed E-state index contributed by atoms with van der Waals surface area (Å²) in [5, 5.41) is 10.2. The minimum atomic E-state index is -0.998. The molecule has 0 spiro atoms. The highest BCUT2D eigenvalue weighted by Crippen LogP contribution is 2.28. The lowest BCUT2D eigenvalue weighted by atomic mass is 10.1. The summed E-state index contributed by atoms with van der Waals surface area (Å²) in [7, 11) is 0. The molecule has 1 unspecified atom stereocenters. The summed E-state index contributed by atoms with van der Waals surface area (Å²) in [6, 6.07) is 9.33. The summed E-state index contributed by atoms with van der Waals surface area (Å²) < 4.78 is 5.69. The topological polar surface area (TPSA) is 62.7 Å². The quantitative estimate of drug-likeness (QED) is 0.939. The molecule has 110 valence electrons. The van der Waals surface area contributed by atoms with Gasteiger partial charge in [-0.3, -0.25) is 0 Å². The number of rotatable bonds is 3. The number of hydrogen-bond donors (Lipinski definition) is 1. The minimum absolute atomic E-state index is 0.0863. The first-order valence-corrected chi connectivity index (χ1v) is 7.18. The molecule has 0 bridgehead atoms. The lowest BCUT2D eigenvalue weighted by Crippen LogP contribution is -2.42. The van der Waals surface area contributed by atoms with Gasteiger partial charge in [0.2, 0.25) is 0 Å². The number of nitrogens with zero attached hydrogens (tertiary/aromatic N) is 2. The van der Waals surface area contributed by atoms with E-state index in [0.717, 1.165) is 30.6 Å². The van der Waals surface area contributed by atoms with Gasteiger partial charge in [-0.1, -0.05) is 25.1 Å². The zero-order chi connectivity index (χ0) is 14.8. The molecule has 0 saturated carbocycles. The van der Waals surface area contributed by atoms with Gasteiger partial charge in [-0.05, 0) is 18.6 Å². The molecule has 3 rings (SSSR count). The Morgan fingerprint density at radius 2 is 2.29 bits per heavy atom. The van der Waals surface area contributed by atoms with Crippen LogP contribution in [-0.4, -0.2) is 41.9 Å². The van der Waals surface area contributed by atoms with Crippen molar-refractivity contribution in [2.75, 3.05) is 24.6 Å². The fourth-order valence-corrected chi connectivity index (χ4v) is 2.71. The van der Waals surface area contributed by atoms with Crippen molar-refractivity contribution < 1.29 is 14.6 Å². The Kier molecular flexibility index (Phi) is 3.75. The summed E-state index contributed by atoms with van der Waals surface area (Å²) >= 11 is 0. The molecule has 1 aromatic carbocycles. The number of fused-ring (bicyclic) bond motifs is 1. The van der Waals surface area contributed by atoms with E-state index in [0.29, 0.717) is 12.1 Å². The molecule has 2 heterocycles. The highest BCUT2D eigenvalue weighted by molar-refractivity contribution is 5.97. The Balaban J connectivity index is 2.09. The van der Waals surface area contributed by atoms with Crippen LogP contribution in [0.5, 0.6) is 0 Å². The first-order valence-electron chi connectivity index (χ1n) is 7.18. The van der Waals surface area contributed by atoms with E-state index in [1.165, 1.54) is 0 Å². The van der Waals surface area contributed by atoms with Crippen LogP contribution in [0.3, 0.4) is 0 Å². The van der Waals surface area contributed by atoms with Crippen molar-refractivity contribution in [1.29, 1.82) is 0 Å². The number of hydrogen-bond acceptors (Lipinski definition) is 4. The molecule has 1 aliphatic heterocycles. The fourth-order valence-electron chi connectivity index (χ4n) is 2.71. The zero-order valence-electron chi connectivity index (χ0n) is 12.0. The number of aromatic carboxylic acids is 1. The van der Waals surface area contributed by atoms with Crippen LogP contribution in [0.25, 0.3) is 10.9 Å². The Bertz CT molecular complexity index is 672. The molecular weight excluding hydrogens is 268 g/mol. The largest absolute Gasteiger partial charge is 0.477 e. The third-order valence-electron chi connectivity index (χ3n) is 3.85. The number of carboxylic acids is 1. The van der Waals surface area contributed by atoms with E-state index in [9.17, 15) is 9.90 Å². The van der Waals surface area contributed by atoms with Gasteiger partial charge in [0.05, 0.1) is 18.2 Å². The van der Waals surface area contributed by atoms with Gasteiger partial charge in [0.25, 0.3) is 0 Å². The van der Waals surface area contributed by atoms with Crippen LogP contribution in [0, 0.1) is 0 Å². The number of benzene rings is 1. The van der Waals surface area contributed by atoms with Crippen molar-refractivity contribution in [1.82, 2.24) is 4.98 Å². The summed E-state index contributed by atoms with van der Waals surface area (Å²) in [4.78, 5) is 17.7. The lowest BCUT2D eigenvalue weighted by molar-refractivity contribution is 0.0385. The van der Waals surface area contributed by atoms with E-state index in [2.05, 4.69) is 16.8 Å². The van der Waals surface area contributed by atoms with Gasteiger partial charge in [0.15, 0.2) is 5.69 Å². The van der Waals surface area contributed by atoms with Gasteiger partial charge in [-0.15, -0.1) is 0 Å². The molecule has 1 atom stereocenters. The van der Waals surface area contributed by atoms with Crippen molar-refractivity contribution in [3.05, 3.63) is 36.0 Å². The van der Waals surface area contributed by atoms with E-state index in [-0.39, 0.29) is 11.8 Å². The number of carbonyl (C=O) groups is 1. The Labute approximate surface area is 123 Å². The summed E-state index contributed by atoms with van der Waals surface area (Å²) in [5.41, 5.74) is 1.73. The SMILES string of the molecule is CCC1CN(c2cc(C(=O)O)nc3ccccc23)CCO1. The van der Waals surface area contributed by atoms with Crippen molar-refractivity contribution in [2.45, 2.75) is 19.4 Å². The molecule has 21 heavy (non-hydrogen) atoms. The van der Waals surface area contributed by atoms with Gasteiger partial charge < -0.3 is 14.7 Å². The minimum Gasteiger partial charge on any atom is -0.477 e. The molecule has 1 fully saturated rings. The number of anilines is 1. The lowest BCUT2D eigenvalue weighted by Gasteiger charge is -2.34. The van der Waals surface area contributed by atoms with E-state index in [1.807, 2.05) is 24.3 Å². The van der Waals surface area contributed by atoms with Crippen molar-refractivity contribution in [3.63, 3.8) is 0 Å².